The van der Waals surface area contributed by atoms with Gasteiger partial charge in [0.05, 0.1) is 16.8 Å². The molecule has 0 aliphatic heterocycles. The largest absolute Gasteiger partial charge is 0.478 e. The van der Waals surface area contributed by atoms with E-state index in [0.29, 0.717) is 6.07 Å². The number of thiophene rings is 1. The fourth-order valence-corrected chi connectivity index (χ4v) is 2.20. The van der Waals surface area contributed by atoms with Crippen LogP contribution in [-0.4, -0.2) is 17.0 Å². The molecule has 104 valence electrons. The van der Waals surface area contributed by atoms with Crippen LogP contribution in [0, 0.1) is 17.5 Å². The number of rotatable bonds is 3. The van der Waals surface area contributed by atoms with Crippen LogP contribution in [0.25, 0.3) is 0 Å². The topological polar surface area (TPSA) is 66.4 Å². The third-order valence-electron chi connectivity index (χ3n) is 2.42. The Labute approximate surface area is 114 Å². The summed E-state index contributed by atoms with van der Waals surface area (Å²) in [5.74, 6) is -7.15. The summed E-state index contributed by atoms with van der Waals surface area (Å²) in [7, 11) is 0. The van der Waals surface area contributed by atoms with Crippen molar-refractivity contribution < 1.29 is 27.9 Å². The number of nitrogens with one attached hydrogen (secondary N) is 1. The fraction of sp³-hybridized carbons (Fsp3) is 0. The molecule has 1 amide bonds. The summed E-state index contributed by atoms with van der Waals surface area (Å²) in [6.07, 6.45) is 0. The van der Waals surface area contributed by atoms with Gasteiger partial charge in [0.2, 0.25) is 0 Å². The zero-order valence-electron chi connectivity index (χ0n) is 9.62. The van der Waals surface area contributed by atoms with Crippen molar-refractivity contribution in [3.63, 3.8) is 0 Å². The first-order valence-corrected chi connectivity index (χ1v) is 6.10. The molecule has 0 spiro atoms. The maximum absolute atomic E-state index is 13.4. The van der Waals surface area contributed by atoms with Gasteiger partial charge in [-0.15, -0.1) is 11.3 Å². The second kappa shape index (κ2) is 5.33. The maximum Gasteiger partial charge on any atom is 0.338 e. The van der Waals surface area contributed by atoms with Crippen molar-refractivity contribution in [2.45, 2.75) is 0 Å². The van der Waals surface area contributed by atoms with E-state index in [9.17, 15) is 22.8 Å². The van der Waals surface area contributed by atoms with E-state index in [0.717, 1.165) is 17.4 Å². The minimum Gasteiger partial charge on any atom is -0.478 e. The quantitative estimate of drug-likeness (QED) is 0.856. The van der Waals surface area contributed by atoms with Crippen molar-refractivity contribution in [2.24, 2.45) is 0 Å². The number of aromatic carboxylic acids is 1. The highest BCUT2D eigenvalue weighted by atomic mass is 32.1. The predicted octanol–water partition coefficient (Wildman–Crippen LogP) is 3.12. The third kappa shape index (κ3) is 2.50. The maximum atomic E-state index is 13.4. The zero-order valence-corrected chi connectivity index (χ0v) is 10.4. The summed E-state index contributed by atoms with van der Waals surface area (Å²) >= 11 is 1.02. The van der Waals surface area contributed by atoms with Gasteiger partial charge in [-0.25, -0.2) is 18.0 Å². The monoisotopic (exact) mass is 301 g/mol. The SMILES string of the molecule is O=C(O)c1cscc1NC(=O)c1ccc(F)c(F)c1F. The van der Waals surface area contributed by atoms with E-state index in [1.807, 2.05) is 0 Å². The molecule has 0 saturated heterocycles. The molecule has 0 bridgehead atoms. The number of carbonyl (C=O) groups is 2. The van der Waals surface area contributed by atoms with Crippen LogP contribution in [0.5, 0.6) is 0 Å². The lowest BCUT2D eigenvalue weighted by atomic mass is 10.1. The first kappa shape index (κ1) is 14.1. The highest BCUT2D eigenvalue weighted by Gasteiger charge is 2.20. The van der Waals surface area contributed by atoms with Crippen molar-refractivity contribution in [1.82, 2.24) is 0 Å². The molecule has 0 saturated carbocycles. The lowest BCUT2D eigenvalue weighted by Crippen LogP contribution is -2.16. The van der Waals surface area contributed by atoms with Gasteiger partial charge in [0.1, 0.15) is 0 Å². The minimum atomic E-state index is -1.76. The standard InChI is InChI=1S/C12H6F3NO3S/c13-7-2-1-5(9(14)10(7)15)11(17)16-8-4-20-3-6(8)12(18)19/h1-4H,(H,16,17)(H,18,19). The summed E-state index contributed by atoms with van der Waals surface area (Å²) in [6.45, 7) is 0. The number of carboxylic acids is 1. The van der Waals surface area contributed by atoms with E-state index < -0.39 is 34.9 Å². The summed E-state index contributed by atoms with van der Waals surface area (Å²) in [6, 6.07) is 1.38. The summed E-state index contributed by atoms with van der Waals surface area (Å²) in [4.78, 5) is 22.6. The molecule has 2 rings (SSSR count). The Kier molecular flexibility index (Phi) is 3.75. The molecular weight excluding hydrogens is 295 g/mol. The van der Waals surface area contributed by atoms with Gasteiger partial charge in [0, 0.05) is 10.8 Å². The first-order chi connectivity index (χ1) is 9.41. The summed E-state index contributed by atoms with van der Waals surface area (Å²) in [5, 5.41) is 13.6. The van der Waals surface area contributed by atoms with Gasteiger partial charge in [0.15, 0.2) is 17.5 Å². The van der Waals surface area contributed by atoms with E-state index in [1.165, 1.54) is 10.8 Å². The number of hydrogen-bond donors (Lipinski definition) is 2. The summed E-state index contributed by atoms with van der Waals surface area (Å²) < 4.78 is 39.2. The average Bonchev–Trinajstić information content (AvgIpc) is 2.84. The molecule has 4 nitrogen and oxygen atoms in total. The lowest BCUT2D eigenvalue weighted by molar-refractivity contribution is 0.0698. The average molecular weight is 301 g/mol. The normalized spacial score (nSPS) is 10.3. The van der Waals surface area contributed by atoms with Gasteiger partial charge in [-0.1, -0.05) is 0 Å². The van der Waals surface area contributed by atoms with Crippen molar-refractivity contribution in [1.29, 1.82) is 0 Å². The van der Waals surface area contributed by atoms with E-state index in [2.05, 4.69) is 5.32 Å². The van der Waals surface area contributed by atoms with E-state index >= 15 is 0 Å². The zero-order chi connectivity index (χ0) is 14.9. The second-order valence-electron chi connectivity index (χ2n) is 3.68. The van der Waals surface area contributed by atoms with Crippen molar-refractivity contribution in [3.8, 4) is 0 Å². The highest BCUT2D eigenvalue weighted by Crippen LogP contribution is 2.23. The number of carboxylic acid groups (broad SMARTS) is 1. The van der Waals surface area contributed by atoms with Crippen LogP contribution in [0.2, 0.25) is 0 Å². The van der Waals surface area contributed by atoms with Gasteiger partial charge < -0.3 is 10.4 Å². The molecule has 2 aromatic rings. The molecule has 0 aliphatic carbocycles. The van der Waals surface area contributed by atoms with Crippen LogP contribution in [0.15, 0.2) is 22.9 Å². The van der Waals surface area contributed by atoms with Gasteiger partial charge in [-0.3, -0.25) is 4.79 Å². The van der Waals surface area contributed by atoms with Gasteiger partial charge >= 0.3 is 5.97 Å². The molecule has 8 heteroatoms. The fourth-order valence-electron chi connectivity index (χ4n) is 1.45. The number of halogens is 3. The van der Waals surface area contributed by atoms with Crippen LogP contribution in [0.3, 0.4) is 0 Å². The van der Waals surface area contributed by atoms with E-state index in [4.69, 9.17) is 5.11 Å². The lowest BCUT2D eigenvalue weighted by Gasteiger charge is -2.06. The molecule has 2 N–H and O–H groups in total. The molecule has 20 heavy (non-hydrogen) atoms. The Morgan fingerprint density at radius 3 is 2.40 bits per heavy atom. The Morgan fingerprint density at radius 1 is 1.05 bits per heavy atom. The second-order valence-corrected chi connectivity index (χ2v) is 4.42. The van der Waals surface area contributed by atoms with Gasteiger partial charge in [-0.2, -0.15) is 0 Å². The number of amides is 1. The number of hydrogen-bond acceptors (Lipinski definition) is 3. The van der Waals surface area contributed by atoms with Crippen molar-refractivity contribution >= 4 is 28.9 Å². The molecule has 0 fully saturated rings. The first-order valence-electron chi connectivity index (χ1n) is 5.16. The molecule has 0 aliphatic rings. The van der Waals surface area contributed by atoms with Crippen LogP contribution < -0.4 is 5.32 Å². The van der Waals surface area contributed by atoms with Crippen LogP contribution in [0.4, 0.5) is 18.9 Å². The van der Waals surface area contributed by atoms with Gasteiger partial charge in [0.25, 0.3) is 5.91 Å². The Morgan fingerprint density at radius 2 is 1.75 bits per heavy atom. The number of benzene rings is 1. The van der Waals surface area contributed by atoms with Crippen LogP contribution >= 0.6 is 11.3 Å². The number of anilines is 1. The van der Waals surface area contributed by atoms with Crippen molar-refractivity contribution in [3.05, 3.63) is 51.5 Å². The molecular formula is C12H6F3NO3S. The van der Waals surface area contributed by atoms with Crippen molar-refractivity contribution in [2.75, 3.05) is 5.32 Å². The third-order valence-corrected chi connectivity index (χ3v) is 3.16. The summed E-state index contributed by atoms with van der Waals surface area (Å²) in [5.41, 5.74) is -0.936. The molecule has 0 radical (unpaired) electrons. The van der Waals surface area contributed by atoms with Crippen LogP contribution in [0.1, 0.15) is 20.7 Å². The van der Waals surface area contributed by atoms with Crippen LogP contribution in [-0.2, 0) is 0 Å². The van der Waals surface area contributed by atoms with E-state index in [-0.39, 0.29) is 11.3 Å². The molecule has 1 aromatic carbocycles. The number of carbonyl (C=O) groups excluding carboxylic acids is 1. The molecule has 1 aromatic heterocycles. The van der Waals surface area contributed by atoms with E-state index in [1.54, 1.807) is 0 Å². The Hall–Kier alpha value is -2.35. The molecule has 0 atom stereocenters. The minimum absolute atomic E-state index is 0.0448. The smallest absolute Gasteiger partial charge is 0.338 e. The molecule has 1 heterocycles. The van der Waals surface area contributed by atoms with Gasteiger partial charge in [-0.05, 0) is 12.1 Å². The Bertz CT molecular complexity index is 699. The molecule has 0 unspecified atom stereocenters. The Balaban J connectivity index is 2.31. The highest BCUT2D eigenvalue weighted by molar-refractivity contribution is 7.08. The predicted molar refractivity (Wildman–Crippen MR) is 65.5 cm³/mol.